The first kappa shape index (κ1) is 30.7. The molecule has 1 aromatic heterocycles. The number of hydrogen-bond donors (Lipinski definition) is 0. The van der Waals surface area contributed by atoms with Gasteiger partial charge in [-0.1, -0.05) is 115 Å². The van der Waals surface area contributed by atoms with Crippen molar-refractivity contribution in [1.82, 2.24) is 9.36 Å². The van der Waals surface area contributed by atoms with Gasteiger partial charge in [0.25, 0.3) is 17.4 Å². The molecule has 2 amide bonds. The van der Waals surface area contributed by atoms with Gasteiger partial charge in [-0.3, -0.25) is 19.1 Å². The summed E-state index contributed by atoms with van der Waals surface area (Å²) in [6.45, 7) is 0. The van der Waals surface area contributed by atoms with Crippen LogP contribution < -0.4 is 20.7 Å². The van der Waals surface area contributed by atoms with Crippen LogP contribution in [0.15, 0.2) is 180 Å². The first-order chi connectivity index (χ1) is 24.0. The van der Waals surface area contributed by atoms with Gasteiger partial charge in [0.05, 0.1) is 28.3 Å². The van der Waals surface area contributed by atoms with E-state index in [1.54, 1.807) is 109 Å². The van der Waals surface area contributed by atoms with Crippen molar-refractivity contribution >= 4 is 34.8 Å². The molecule has 0 saturated carbocycles. The first-order valence-corrected chi connectivity index (χ1v) is 15.6. The highest BCUT2D eigenvalue weighted by Gasteiger charge is 2.42. The van der Waals surface area contributed by atoms with E-state index in [-0.39, 0.29) is 11.1 Å². The Morgan fingerprint density at radius 1 is 0.510 bits per heavy atom. The quantitative estimate of drug-likeness (QED) is 0.105. The zero-order chi connectivity index (χ0) is 33.7. The summed E-state index contributed by atoms with van der Waals surface area (Å²) in [4.78, 5) is 41.7. The average molecular weight is 642 g/mol. The summed E-state index contributed by atoms with van der Waals surface area (Å²) >= 11 is 0. The Morgan fingerprint density at radius 3 is 1.39 bits per heavy atom. The van der Waals surface area contributed by atoms with Gasteiger partial charge >= 0.3 is 0 Å². The lowest BCUT2D eigenvalue weighted by Gasteiger charge is -2.27. The Bertz CT molecular complexity index is 2210. The number of anilines is 2. The number of aromatic nitrogens is 2. The summed E-state index contributed by atoms with van der Waals surface area (Å²) in [6.07, 6.45) is 6.30. The van der Waals surface area contributed by atoms with Crippen LogP contribution in [0.1, 0.15) is 11.1 Å². The van der Waals surface area contributed by atoms with Crippen LogP contribution in [0.4, 0.5) is 11.4 Å². The van der Waals surface area contributed by atoms with Crippen molar-refractivity contribution in [2.45, 2.75) is 0 Å². The van der Waals surface area contributed by atoms with Crippen molar-refractivity contribution in [1.29, 1.82) is 0 Å². The average Bonchev–Trinajstić information content (AvgIpc) is 3.56. The van der Waals surface area contributed by atoms with Crippen LogP contribution in [0.2, 0.25) is 0 Å². The molecular weight excluding hydrogens is 612 g/mol. The minimum Gasteiger partial charge on any atom is -0.858 e. The summed E-state index contributed by atoms with van der Waals surface area (Å²) in [6, 6.07) is 45.2. The van der Waals surface area contributed by atoms with E-state index in [0.29, 0.717) is 28.3 Å². The molecule has 49 heavy (non-hydrogen) atoms. The van der Waals surface area contributed by atoms with E-state index in [1.807, 2.05) is 54.6 Å². The van der Waals surface area contributed by atoms with Gasteiger partial charge in [-0.05, 0) is 71.8 Å². The van der Waals surface area contributed by atoms with Crippen LogP contribution in [0.25, 0.3) is 23.0 Å². The normalized spacial score (nSPS) is 13.5. The fourth-order valence-electron chi connectivity index (χ4n) is 5.72. The summed E-state index contributed by atoms with van der Waals surface area (Å²) in [5, 5.41) is 16.6. The lowest BCUT2D eigenvalue weighted by Crippen LogP contribution is -2.41. The summed E-state index contributed by atoms with van der Waals surface area (Å²) in [7, 11) is 0. The summed E-state index contributed by atoms with van der Waals surface area (Å²) in [5.41, 5.74) is 2.94. The van der Waals surface area contributed by atoms with Crippen molar-refractivity contribution in [2.24, 2.45) is 0 Å². The van der Waals surface area contributed by atoms with Crippen LogP contribution in [0.5, 0.6) is 5.88 Å². The zero-order valence-corrected chi connectivity index (χ0v) is 26.2. The van der Waals surface area contributed by atoms with Crippen LogP contribution >= 0.6 is 0 Å². The third-order valence-electron chi connectivity index (χ3n) is 8.06. The topological polar surface area (TPSA) is 90.6 Å². The number of para-hydroxylation sites is 4. The van der Waals surface area contributed by atoms with E-state index in [0.717, 1.165) is 5.56 Å². The molecule has 8 nitrogen and oxygen atoms in total. The Hall–Kier alpha value is -6.93. The number of rotatable bonds is 8. The fourth-order valence-corrected chi connectivity index (χ4v) is 5.72. The molecule has 7 rings (SSSR count). The molecule has 1 aliphatic rings. The Balaban J connectivity index is 1.34. The van der Waals surface area contributed by atoms with Crippen LogP contribution in [-0.4, -0.2) is 21.2 Å². The lowest BCUT2D eigenvalue weighted by molar-refractivity contribution is -0.278. The smallest absolute Gasteiger partial charge is 0.283 e. The van der Waals surface area contributed by atoms with Crippen molar-refractivity contribution in [3.05, 3.63) is 197 Å². The number of allylic oxidation sites excluding steroid dienone is 4. The van der Waals surface area contributed by atoms with Crippen molar-refractivity contribution < 1.29 is 14.7 Å². The number of carbonyl (C=O) groups excluding carboxylic acids is 2. The number of amides is 2. The van der Waals surface area contributed by atoms with Gasteiger partial charge in [0.2, 0.25) is 0 Å². The molecule has 0 radical (unpaired) electrons. The number of hydrogen-bond acceptors (Lipinski definition) is 4. The highest BCUT2D eigenvalue weighted by atomic mass is 16.3. The standard InChI is InChI=1S/C41H30N4O4/c46-38-36(39(47)43(33-20-10-3-11-21-33)42(38)32-18-8-2-9-19-32)28-26-31(30-16-6-1-7-17-30)27-29-37-40(48)44(34-22-12-4-13-23-34)45(41(37)49)35-24-14-5-15-25-35/h1-29,46H/p-1/b28-26+,31-27-. The third kappa shape index (κ3) is 5.90. The highest BCUT2D eigenvalue weighted by Crippen LogP contribution is 2.32. The van der Waals surface area contributed by atoms with Gasteiger partial charge in [-0.25, -0.2) is 14.7 Å². The molecule has 0 bridgehead atoms. The predicted octanol–water partition coefficient (Wildman–Crippen LogP) is 6.72. The number of benzene rings is 5. The molecule has 0 spiro atoms. The second kappa shape index (κ2) is 13.4. The molecule has 0 N–H and O–H groups in total. The Kier molecular flexibility index (Phi) is 8.42. The van der Waals surface area contributed by atoms with Crippen LogP contribution in [0.3, 0.4) is 0 Å². The second-order valence-electron chi connectivity index (χ2n) is 11.1. The molecule has 0 aliphatic carbocycles. The predicted molar refractivity (Wildman–Crippen MR) is 190 cm³/mol. The van der Waals surface area contributed by atoms with E-state index in [4.69, 9.17) is 0 Å². The Labute approximate surface area is 282 Å². The van der Waals surface area contributed by atoms with Crippen LogP contribution in [0, 0.1) is 0 Å². The summed E-state index contributed by atoms with van der Waals surface area (Å²) < 4.78 is 2.72. The van der Waals surface area contributed by atoms with Gasteiger partial charge in [-0.2, -0.15) is 0 Å². The molecule has 6 aromatic rings. The number of carbonyl (C=O) groups is 2. The van der Waals surface area contributed by atoms with Gasteiger partial charge in [0.1, 0.15) is 5.57 Å². The minimum absolute atomic E-state index is 0.0410. The number of nitrogens with zero attached hydrogens (tertiary/aromatic N) is 4. The Morgan fingerprint density at radius 2 is 0.918 bits per heavy atom. The largest absolute Gasteiger partial charge is 0.858 e. The molecule has 8 heteroatoms. The monoisotopic (exact) mass is 641 g/mol. The molecule has 1 saturated heterocycles. The molecule has 0 unspecified atom stereocenters. The van der Waals surface area contributed by atoms with Gasteiger partial charge in [-0.15, -0.1) is 0 Å². The lowest BCUT2D eigenvalue weighted by atomic mass is 10.0. The molecular formula is C41H29N4O4-. The van der Waals surface area contributed by atoms with Crippen molar-refractivity contribution in [2.75, 3.05) is 10.0 Å². The first-order valence-electron chi connectivity index (χ1n) is 15.6. The maximum atomic E-state index is 13.9. The third-order valence-corrected chi connectivity index (χ3v) is 8.06. The minimum atomic E-state index is -0.486. The highest BCUT2D eigenvalue weighted by molar-refractivity contribution is 6.36. The van der Waals surface area contributed by atoms with E-state index in [1.165, 1.54) is 31.5 Å². The van der Waals surface area contributed by atoms with Crippen molar-refractivity contribution in [3.63, 3.8) is 0 Å². The van der Waals surface area contributed by atoms with E-state index >= 15 is 0 Å². The maximum absolute atomic E-state index is 13.9. The van der Waals surface area contributed by atoms with E-state index in [9.17, 15) is 19.5 Å². The van der Waals surface area contributed by atoms with Crippen molar-refractivity contribution in [3.8, 4) is 17.3 Å². The fraction of sp³-hybridized carbons (Fsp3) is 0. The summed E-state index contributed by atoms with van der Waals surface area (Å²) in [5.74, 6) is -1.46. The molecule has 1 fully saturated rings. The number of hydrazine groups is 1. The van der Waals surface area contributed by atoms with Gasteiger partial charge in [0.15, 0.2) is 0 Å². The van der Waals surface area contributed by atoms with E-state index in [2.05, 4.69) is 0 Å². The molecule has 2 heterocycles. The van der Waals surface area contributed by atoms with Crippen LogP contribution in [-0.2, 0) is 9.59 Å². The second-order valence-corrected chi connectivity index (χ2v) is 11.1. The molecule has 5 aromatic carbocycles. The zero-order valence-electron chi connectivity index (χ0n) is 26.2. The van der Waals surface area contributed by atoms with Gasteiger partial charge < -0.3 is 5.11 Å². The van der Waals surface area contributed by atoms with Gasteiger partial charge in [0, 0.05) is 5.88 Å². The molecule has 238 valence electrons. The maximum Gasteiger partial charge on any atom is 0.283 e. The van der Waals surface area contributed by atoms with E-state index < -0.39 is 23.3 Å². The molecule has 1 aliphatic heterocycles. The SMILES string of the molecule is O=C1C(=C/C=C(/C=C/c2c([O-])n(-c3ccccc3)n(-c3ccccc3)c2=O)c2ccccc2)C(=O)N(c2ccccc2)N1c1ccccc1. The molecule has 0 atom stereocenters.